The van der Waals surface area contributed by atoms with Gasteiger partial charge in [0, 0.05) is 33.2 Å². The first-order valence-electron chi connectivity index (χ1n) is 9.56. The third-order valence-corrected chi connectivity index (χ3v) is 6.40. The van der Waals surface area contributed by atoms with Crippen LogP contribution in [0.2, 0.25) is 5.02 Å². The standard InChI is InChI=1S/C21H20BrClN4O4/c1-31-17-5-3-11(23)7-16(17)25-19(29)14-8-12(9-18(24)28)27-21(14)13-6-10(22)2-4-15(13)26-20(21)30/h2-7,12,14,27H,8-9H2,1H3,(H2,24,28)(H,25,29)(H,26,30)/t12-,14+,21+/m1/s1. The molecular weight excluding hydrogens is 488 g/mol. The second-order valence-electron chi connectivity index (χ2n) is 7.59. The van der Waals surface area contributed by atoms with Gasteiger partial charge in [-0.15, -0.1) is 0 Å². The van der Waals surface area contributed by atoms with Crippen LogP contribution in [0.25, 0.3) is 0 Å². The fourth-order valence-electron chi connectivity index (χ4n) is 4.41. The van der Waals surface area contributed by atoms with Crippen LogP contribution in [0.4, 0.5) is 11.4 Å². The van der Waals surface area contributed by atoms with Gasteiger partial charge in [-0.2, -0.15) is 0 Å². The minimum atomic E-state index is -1.34. The number of nitrogens with two attached hydrogens (primary N) is 1. The van der Waals surface area contributed by atoms with Gasteiger partial charge in [0.1, 0.15) is 11.3 Å². The molecule has 10 heteroatoms. The summed E-state index contributed by atoms with van der Waals surface area (Å²) < 4.78 is 6.07. The van der Waals surface area contributed by atoms with Crippen molar-refractivity contribution in [1.29, 1.82) is 0 Å². The van der Waals surface area contributed by atoms with E-state index < -0.39 is 29.3 Å². The third kappa shape index (κ3) is 3.77. The summed E-state index contributed by atoms with van der Waals surface area (Å²) in [5, 5.41) is 9.35. The molecule has 31 heavy (non-hydrogen) atoms. The van der Waals surface area contributed by atoms with Gasteiger partial charge < -0.3 is 21.1 Å². The van der Waals surface area contributed by atoms with Gasteiger partial charge in [0.15, 0.2) is 0 Å². The van der Waals surface area contributed by atoms with E-state index >= 15 is 0 Å². The molecule has 162 valence electrons. The average molecular weight is 508 g/mol. The number of benzene rings is 2. The van der Waals surface area contributed by atoms with Crippen LogP contribution in [0.5, 0.6) is 5.75 Å². The molecule has 3 amide bonds. The predicted octanol–water partition coefficient (Wildman–Crippen LogP) is 2.75. The first-order valence-corrected chi connectivity index (χ1v) is 10.7. The number of hydrogen-bond acceptors (Lipinski definition) is 5. The summed E-state index contributed by atoms with van der Waals surface area (Å²) >= 11 is 9.52. The van der Waals surface area contributed by atoms with Gasteiger partial charge in [-0.3, -0.25) is 19.7 Å². The van der Waals surface area contributed by atoms with E-state index in [0.717, 1.165) is 4.47 Å². The summed E-state index contributed by atoms with van der Waals surface area (Å²) in [5.41, 5.74) is 5.69. The number of fused-ring (bicyclic) bond motifs is 2. The molecule has 0 bridgehead atoms. The van der Waals surface area contributed by atoms with Crippen molar-refractivity contribution in [1.82, 2.24) is 5.32 Å². The highest BCUT2D eigenvalue weighted by Gasteiger charge is 2.60. The van der Waals surface area contributed by atoms with Crippen LogP contribution in [-0.4, -0.2) is 30.9 Å². The van der Waals surface area contributed by atoms with Crippen molar-refractivity contribution < 1.29 is 19.1 Å². The summed E-state index contributed by atoms with van der Waals surface area (Å²) in [6.07, 6.45) is 0.250. The number of amides is 3. The highest BCUT2D eigenvalue weighted by atomic mass is 79.9. The van der Waals surface area contributed by atoms with Crippen molar-refractivity contribution in [2.75, 3.05) is 17.7 Å². The van der Waals surface area contributed by atoms with E-state index in [0.29, 0.717) is 27.7 Å². The van der Waals surface area contributed by atoms with Gasteiger partial charge in [0.2, 0.25) is 17.7 Å². The molecule has 1 fully saturated rings. The number of primary amides is 1. The molecule has 0 aromatic heterocycles. The molecule has 0 aliphatic carbocycles. The summed E-state index contributed by atoms with van der Waals surface area (Å²) in [7, 11) is 1.48. The number of ether oxygens (including phenoxy) is 1. The maximum Gasteiger partial charge on any atom is 0.250 e. The Kier molecular flexibility index (Phi) is 5.67. The molecule has 2 aliphatic heterocycles. The van der Waals surface area contributed by atoms with Crippen molar-refractivity contribution in [3.63, 3.8) is 0 Å². The molecule has 2 aromatic carbocycles. The van der Waals surface area contributed by atoms with Crippen LogP contribution in [0, 0.1) is 5.92 Å². The van der Waals surface area contributed by atoms with Gasteiger partial charge in [0.25, 0.3) is 0 Å². The smallest absolute Gasteiger partial charge is 0.250 e. The lowest BCUT2D eigenvalue weighted by atomic mass is 9.79. The third-order valence-electron chi connectivity index (χ3n) is 5.67. The quantitative estimate of drug-likeness (QED) is 0.496. The minimum absolute atomic E-state index is 0.00261. The molecule has 0 saturated carbocycles. The van der Waals surface area contributed by atoms with E-state index in [1.165, 1.54) is 7.11 Å². The fourth-order valence-corrected chi connectivity index (χ4v) is 4.94. The van der Waals surface area contributed by atoms with E-state index in [9.17, 15) is 14.4 Å². The molecule has 3 atom stereocenters. The number of nitrogens with one attached hydrogen (secondary N) is 3. The van der Waals surface area contributed by atoms with Crippen LogP contribution >= 0.6 is 27.5 Å². The monoisotopic (exact) mass is 506 g/mol. The average Bonchev–Trinajstić information content (AvgIpc) is 3.21. The number of rotatable bonds is 5. The number of anilines is 2. The second kappa shape index (κ2) is 8.14. The summed E-state index contributed by atoms with van der Waals surface area (Å²) in [5.74, 6) is -1.64. The Balaban J connectivity index is 1.75. The van der Waals surface area contributed by atoms with Gasteiger partial charge in [-0.25, -0.2) is 0 Å². The van der Waals surface area contributed by atoms with E-state index in [2.05, 4.69) is 31.9 Å². The number of carbonyl (C=O) groups is 3. The zero-order chi connectivity index (χ0) is 22.3. The van der Waals surface area contributed by atoms with Gasteiger partial charge in [-0.1, -0.05) is 27.5 Å². The van der Waals surface area contributed by atoms with Crippen LogP contribution in [0.3, 0.4) is 0 Å². The summed E-state index contributed by atoms with van der Waals surface area (Å²) in [6.45, 7) is 0. The lowest BCUT2D eigenvalue weighted by Gasteiger charge is -2.29. The molecule has 2 heterocycles. The van der Waals surface area contributed by atoms with Crippen molar-refractivity contribution in [3.8, 4) is 5.75 Å². The lowest BCUT2D eigenvalue weighted by Crippen LogP contribution is -2.52. The van der Waals surface area contributed by atoms with Crippen molar-refractivity contribution in [2.45, 2.75) is 24.4 Å². The first kappa shape index (κ1) is 21.6. The van der Waals surface area contributed by atoms with Crippen molar-refractivity contribution >= 4 is 56.6 Å². The van der Waals surface area contributed by atoms with Gasteiger partial charge in [0.05, 0.1) is 18.7 Å². The Morgan fingerprint density at radius 1 is 1.32 bits per heavy atom. The largest absolute Gasteiger partial charge is 0.495 e. The molecule has 4 rings (SSSR count). The van der Waals surface area contributed by atoms with Crippen LogP contribution in [0.1, 0.15) is 18.4 Å². The maximum absolute atomic E-state index is 13.5. The summed E-state index contributed by atoms with van der Waals surface area (Å²) in [4.78, 5) is 38.3. The Labute approximate surface area is 192 Å². The van der Waals surface area contributed by atoms with Crippen LogP contribution < -0.4 is 26.4 Å². The molecule has 8 nitrogen and oxygen atoms in total. The van der Waals surface area contributed by atoms with E-state index in [-0.39, 0.29) is 18.7 Å². The Morgan fingerprint density at radius 3 is 2.81 bits per heavy atom. The molecule has 1 spiro atoms. The van der Waals surface area contributed by atoms with E-state index in [1.807, 2.05) is 0 Å². The van der Waals surface area contributed by atoms with Crippen LogP contribution in [-0.2, 0) is 19.9 Å². The second-order valence-corrected chi connectivity index (χ2v) is 8.94. The number of hydrogen-bond donors (Lipinski definition) is 4. The molecular formula is C21H20BrClN4O4. The molecule has 1 saturated heterocycles. The zero-order valence-electron chi connectivity index (χ0n) is 16.5. The van der Waals surface area contributed by atoms with Crippen molar-refractivity contribution in [2.24, 2.45) is 11.7 Å². The Morgan fingerprint density at radius 2 is 2.10 bits per heavy atom. The fraction of sp³-hybridized carbons (Fsp3) is 0.286. The van der Waals surface area contributed by atoms with Gasteiger partial charge >= 0.3 is 0 Å². The van der Waals surface area contributed by atoms with Crippen LogP contribution in [0.15, 0.2) is 40.9 Å². The molecule has 0 radical (unpaired) electrons. The zero-order valence-corrected chi connectivity index (χ0v) is 18.8. The first-order chi connectivity index (χ1) is 14.7. The number of methoxy groups -OCH3 is 1. The van der Waals surface area contributed by atoms with Gasteiger partial charge in [-0.05, 0) is 42.8 Å². The minimum Gasteiger partial charge on any atom is -0.495 e. The molecule has 0 unspecified atom stereocenters. The predicted molar refractivity (Wildman–Crippen MR) is 120 cm³/mol. The molecule has 5 N–H and O–H groups in total. The molecule has 2 aromatic rings. The Bertz CT molecular complexity index is 1100. The summed E-state index contributed by atoms with van der Waals surface area (Å²) in [6, 6.07) is 9.80. The van der Waals surface area contributed by atoms with E-state index in [4.69, 9.17) is 22.1 Å². The SMILES string of the molecule is COc1ccc(Cl)cc1NC(=O)[C@@H]1C[C@H](CC(N)=O)N[C@]12C(=O)Nc1ccc(Br)cc12. The maximum atomic E-state index is 13.5. The number of carbonyl (C=O) groups excluding carboxylic acids is 3. The normalized spacial score (nSPS) is 24.0. The lowest BCUT2D eigenvalue weighted by molar-refractivity contribution is -0.130. The molecule has 2 aliphatic rings. The van der Waals surface area contributed by atoms with Crippen molar-refractivity contribution in [3.05, 3.63) is 51.5 Å². The topological polar surface area (TPSA) is 123 Å². The highest BCUT2D eigenvalue weighted by molar-refractivity contribution is 9.10. The number of halogens is 2. The van der Waals surface area contributed by atoms with E-state index in [1.54, 1.807) is 36.4 Å². The highest BCUT2D eigenvalue weighted by Crippen LogP contribution is 2.48. The Hall–Kier alpha value is -2.62.